The molecule has 2 aromatic heterocycles. The van der Waals surface area contributed by atoms with Crippen molar-refractivity contribution in [2.75, 3.05) is 23.3 Å². The van der Waals surface area contributed by atoms with E-state index in [1.165, 1.54) is 0 Å². The van der Waals surface area contributed by atoms with E-state index in [2.05, 4.69) is 25.5 Å². The van der Waals surface area contributed by atoms with E-state index in [1.54, 1.807) is 4.68 Å². The summed E-state index contributed by atoms with van der Waals surface area (Å²) in [6, 6.07) is 15.3. The highest BCUT2D eigenvalue weighted by Gasteiger charge is 2.26. The van der Waals surface area contributed by atoms with Gasteiger partial charge < -0.3 is 10.2 Å². The summed E-state index contributed by atoms with van der Waals surface area (Å²) in [6.07, 6.45) is 3.70. The molecule has 0 spiro atoms. The summed E-state index contributed by atoms with van der Waals surface area (Å²) in [5, 5.41) is 16.0. The Labute approximate surface area is 158 Å². The summed E-state index contributed by atoms with van der Waals surface area (Å²) in [6.45, 7) is 3.46. The second kappa shape index (κ2) is 7.57. The van der Waals surface area contributed by atoms with Gasteiger partial charge in [0.25, 0.3) is 0 Å². The molecule has 1 aromatic carbocycles. The van der Waals surface area contributed by atoms with Crippen molar-refractivity contribution in [1.29, 1.82) is 0 Å². The quantitative estimate of drug-likeness (QED) is 0.772. The van der Waals surface area contributed by atoms with Crippen molar-refractivity contribution in [3.8, 4) is 5.82 Å². The maximum atomic E-state index is 12.6. The molecule has 0 bridgehead atoms. The van der Waals surface area contributed by atoms with Gasteiger partial charge in [0.05, 0.1) is 11.6 Å². The van der Waals surface area contributed by atoms with Gasteiger partial charge in [-0.2, -0.15) is 5.10 Å². The molecular weight excluding hydrogens is 340 g/mol. The van der Waals surface area contributed by atoms with Crippen LogP contribution in [0.1, 0.15) is 18.5 Å². The van der Waals surface area contributed by atoms with Crippen LogP contribution in [0.5, 0.6) is 0 Å². The molecule has 0 radical (unpaired) electrons. The lowest BCUT2D eigenvalue weighted by Gasteiger charge is -2.32. The largest absolute Gasteiger partial charge is 0.354 e. The van der Waals surface area contributed by atoms with E-state index >= 15 is 0 Å². The Morgan fingerprint density at radius 3 is 2.56 bits per heavy atom. The Hall–Kier alpha value is -3.22. The highest BCUT2D eigenvalue weighted by Crippen LogP contribution is 2.23. The zero-order chi connectivity index (χ0) is 18.6. The molecule has 1 amide bonds. The number of hydrogen-bond donors (Lipinski definition) is 1. The fourth-order valence-electron chi connectivity index (χ4n) is 3.32. The molecule has 7 nitrogen and oxygen atoms in total. The van der Waals surface area contributed by atoms with E-state index in [1.807, 2.05) is 61.7 Å². The molecule has 3 heterocycles. The SMILES string of the molecule is Cc1ccn(-c2ccc(N3CCCC(C(=O)Nc4ccccc4)C3)nn2)n1. The summed E-state index contributed by atoms with van der Waals surface area (Å²) in [7, 11) is 0. The van der Waals surface area contributed by atoms with Gasteiger partial charge in [0.1, 0.15) is 0 Å². The predicted octanol–water partition coefficient (Wildman–Crippen LogP) is 2.83. The minimum absolute atomic E-state index is 0.0579. The number of carbonyl (C=O) groups is 1. The maximum absolute atomic E-state index is 12.6. The van der Waals surface area contributed by atoms with E-state index in [9.17, 15) is 4.79 Å². The first-order chi connectivity index (χ1) is 13.2. The first-order valence-electron chi connectivity index (χ1n) is 9.16. The number of carbonyl (C=O) groups excluding carboxylic acids is 1. The van der Waals surface area contributed by atoms with Crippen molar-refractivity contribution in [2.24, 2.45) is 5.92 Å². The zero-order valence-corrected chi connectivity index (χ0v) is 15.2. The first kappa shape index (κ1) is 17.2. The van der Waals surface area contributed by atoms with Crippen LogP contribution < -0.4 is 10.2 Å². The molecule has 3 aromatic rings. The highest BCUT2D eigenvalue weighted by atomic mass is 16.1. The van der Waals surface area contributed by atoms with E-state index in [4.69, 9.17) is 0 Å². The Morgan fingerprint density at radius 2 is 1.85 bits per heavy atom. The lowest BCUT2D eigenvalue weighted by Crippen LogP contribution is -2.41. The van der Waals surface area contributed by atoms with Crippen molar-refractivity contribution in [2.45, 2.75) is 19.8 Å². The highest BCUT2D eigenvalue weighted by molar-refractivity contribution is 5.93. The molecule has 4 rings (SSSR count). The number of nitrogens with one attached hydrogen (secondary N) is 1. The zero-order valence-electron chi connectivity index (χ0n) is 15.2. The van der Waals surface area contributed by atoms with Crippen LogP contribution in [0.25, 0.3) is 5.82 Å². The molecule has 7 heteroatoms. The van der Waals surface area contributed by atoms with E-state index < -0.39 is 0 Å². The Bertz CT molecular complexity index is 906. The van der Waals surface area contributed by atoms with Crippen LogP contribution in [-0.4, -0.2) is 39.0 Å². The molecule has 0 saturated carbocycles. The maximum Gasteiger partial charge on any atom is 0.229 e. The van der Waals surface area contributed by atoms with Crippen LogP contribution in [-0.2, 0) is 4.79 Å². The first-order valence-corrected chi connectivity index (χ1v) is 9.16. The van der Waals surface area contributed by atoms with Crippen molar-refractivity contribution in [3.63, 3.8) is 0 Å². The summed E-state index contributed by atoms with van der Waals surface area (Å²) in [5.41, 5.74) is 1.77. The number of hydrogen-bond acceptors (Lipinski definition) is 5. The Morgan fingerprint density at radius 1 is 1.07 bits per heavy atom. The van der Waals surface area contributed by atoms with Gasteiger partial charge in [0.15, 0.2) is 11.6 Å². The van der Waals surface area contributed by atoms with Crippen molar-refractivity contribution < 1.29 is 4.79 Å². The molecule has 1 unspecified atom stereocenters. The summed E-state index contributed by atoms with van der Waals surface area (Å²) in [5.74, 6) is 1.47. The topological polar surface area (TPSA) is 75.9 Å². The second-order valence-electron chi connectivity index (χ2n) is 6.79. The second-order valence-corrected chi connectivity index (χ2v) is 6.79. The Kier molecular flexibility index (Phi) is 4.82. The van der Waals surface area contributed by atoms with Crippen molar-refractivity contribution in [3.05, 3.63) is 60.4 Å². The molecule has 1 aliphatic heterocycles. The minimum Gasteiger partial charge on any atom is -0.354 e. The molecular formula is C20H22N6O. The lowest BCUT2D eigenvalue weighted by atomic mass is 9.97. The molecule has 1 atom stereocenters. The fourth-order valence-corrected chi connectivity index (χ4v) is 3.32. The smallest absolute Gasteiger partial charge is 0.229 e. The van der Waals surface area contributed by atoms with Gasteiger partial charge in [-0.25, -0.2) is 4.68 Å². The summed E-state index contributed by atoms with van der Waals surface area (Å²) >= 11 is 0. The molecule has 0 aliphatic carbocycles. The number of nitrogens with zero attached hydrogens (tertiary/aromatic N) is 5. The van der Waals surface area contributed by atoms with Crippen LogP contribution in [0.2, 0.25) is 0 Å². The third-order valence-electron chi connectivity index (χ3n) is 4.75. The molecule has 1 fully saturated rings. The van der Waals surface area contributed by atoms with Gasteiger partial charge in [-0.05, 0) is 50.1 Å². The van der Waals surface area contributed by atoms with Gasteiger partial charge in [-0.1, -0.05) is 18.2 Å². The van der Waals surface area contributed by atoms with Crippen LogP contribution in [0.3, 0.4) is 0 Å². The number of piperidine rings is 1. The van der Waals surface area contributed by atoms with E-state index in [0.717, 1.165) is 36.6 Å². The molecule has 1 aliphatic rings. The molecule has 138 valence electrons. The van der Waals surface area contributed by atoms with Gasteiger partial charge in [0.2, 0.25) is 5.91 Å². The lowest BCUT2D eigenvalue weighted by molar-refractivity contribution is -0.120. The van der Waals surface area contributed by atoms with Gasteiger partial charge in [-0.15, -0.1) is 10.2 Å². The molecule has 1 saturated heterocycles. The third-order valence-corrected chi connectivity index (χ3v) is 4.75. The average molecular weight is 362 g/mol. The van der Waals surface area contributed by atoms with Gasteiger partial charge >= 0.3 is 0 Å². The third kappa shape index (κ3) is 3.97. The van der Waals surface area contributed by atoms with E-state index in [0.29, 0.717) is 12.4 Å². The minimum atomic E-state index is -0.0609. The Balaban J connectivity index is 1.42. The summed E-state index contributed by atoms with van der Waals surface area (Å²) < 4.78 is 1.71. The van der Waals surface area contributed by atoms with Crippen LogP contribution in [0.4, 0.5) is 11.5 Å². The van der Waals surface area contributed by atoms with Gasteiger partial charge in [0, 0.05) is 25.0 Å². The van der Waals surface area contributed by atoms with Crippen LogP contribution >= 0.6 is 0 Å². The number of benzene rings is 1. The standard InChI is InChI=1S/C20H22N6O/c1-15-11-13-26(24-15)19-10-9-18(22-23-19)25-12-5-6-16(14-25)20(27)21-17-7-3-2-4-8-17/h2-4,7-11,13,16H,5-6,12,14H2,1H3,(H,21,27). The van der Waals surface area contributed by atoms with Crippen molar-refractivity contribution >= 4 is 17.4 Å². The summed E-state index contributed by atoms with van der Waals surface area (Å²) in [4.78, 5) is 14.7. The number of aromatic nitrogens is 4. The van der Waals surface area contributed by atoms with Crippen LogP contribution in [0, 0.1) is 12.8 Å². The fraction of sp³-hybridized carbons (Fsp3) is 0.300. The monoisotopic (exact) mass is 362 g/mol. The van der Waals surface area contributed by atoms with Crippen molar-refractivity contribution in [1.82, 2.24) is 20.0 Å². The number of aryl methyl sites for hydroxylation is 1. The van der Waals surface area contributed by atoms with E-state index in [-0.39, 0.29) is 11.8 Å². The molecule has 1 N–H and O–H groups in total. The normalized spacial score (nSPS) is 16.9. The van der Waals surface area contributed by atoms with Crippen LogP contribution in [0.15, 0.2) is 54.7 Å². The number of para-hydroxylation sites is 1. The van der Waals surface area contributed by atoms with Gasteiger partial charge in [-0.3, -0.25) is 4.79 Å². The molecule has 27 heavy (non-hydrogen) atoms. The predicted molar refractivity (Wildman–Crippen MR) is 104 cm³/mol. The number of anilines is 2. The average Bonchev–Trinajstić information content (AvgIpc) is 3.15. The number of rotatable bonds is 4. The number of amides is 1.